The lowest BCUT2D eigenvalue weighted by Crippen LogP contribution is -2.62. The van der Waals surface area contributed by atoms with E-state index in [-0.39, 0.29) is 12.3 Å². The molecule has 0 atom stereocenters. The van der Waals surface area contributed by atoms with Gasteiger partial charge in [-0.15, -0.1) is 0 Å². The minimum Gasteiger partial charge on any atom is -0.376 e. The average molecular weight is 739 g/mol. The summed E-state index contributed by atoms with van der Waals surface area (Å²) >= 11 is 0. The van der Waals surface area contributed by atoms with Gasteiger partial charge in [-0.3, -0.25) is 0 Å². The van der Waals surface area contributed by atoms with E-state index in [1.54, 1.807) is 0 Å². The van der Waals surface area contributed by atoms with E-state index < -0.39 is 0 Å². The van der Waals surface area contributed by atoms with Crippen molar-refractivity contribution < 1.29 is 0 Å². The molecule has 0 fully saturated rings. The normalized spacial score (nSPS) is 14.1. The van der Waals surface area contributed by atoms with Crippen molar-refractivity contribution >= 4 is 57.0 Å². The van der Waals surface area contributed by atoms with Crippen LogP contribution in [0.25, 0.3) is 55.3 Å². The Bertz CT molecular complexity index is 3100. The van der Waals surface area contributed by atoms with Crippen LogP contribution in [0, 0.1) is 0 Å². The maximum absolute atomic E-state index is 2.64. The van der Waals surface area contributed by atoms with Crippen LogP contribution in [0.3, 0.4) is 0 Å². The molecule has 0 radical (unpaired) electrons. The summed E-state index contributed by atoms with van der Waals surface area (Å²) in [5.41, 5.74) is 21.2. The number of rotatable bonds is 4. The van der Waals surface area contributed by atoms with Crippen LogP contribution >= 0.6 is 0 Å². The molecule has 0 unspecified atom stereocenters. The van der Waals surface area contributed by atoms with Crippen molar-refractivity contribution in [3.8, 4) is 44.5 Å². The molecule has 272 valence electrons. The van der Waals surface area contributed by atoms with Crippen molar-refractivity contribution in [3.05, 3.63) is 211 Å². The highest BCUT2D eigenvalue weighted by Gasteiger charge is 2.50. The van der Waals surface area contributed by atoms with Crippen molar-refractivity contribution in [1.29, 1.82) is 0 Å². The Labute approximate surface area is 340 Å². The third kappa shape index (κ3) is 4.74. The summed E-state index contributed by atoms with van der Waals surface area (Å²) in [6, 6.07) is 74.4. The zero-order valence-electron chi connectivity index (χ0n) is 32.5. The monoisotopic (exact) mass is 738 g/mol. The Hall–Kier alpha value is -7.10. The minimum absolute atomic E-state index is 0.0695. The van der Waals surface area contributed by atoms with E-state index in [1.165, 1.54) is 106 Å². The number of hydrogen-bond donors (Lipinski definition) is 0. The Morgan fingerprint density at radius 2 is 1.03 bits per heavy atom. The molecule has 3 heterocycles. The van der Waals surface area contributed by atoms with Crippen molar-refractivity contribution in [1.82, 2.24) is 0 Å². The number of benzene rings is 9. The Kier molecular flexibility index (Phi) is 7.10. The molecule has 0 N–H and O–H groups in total. The van der Waals surface area contributed by atoms with Gasteiger partial charge in [-0.2, -0.15) is 0 Å². The second-order valence-electron chi connectivity index (χ2n) is 16.5. The number of nitrogens with zero attached hydrogens (tertiary/aromatic N) is 2. The van der Waals surface area contributed by atoms with Crippen LogP contribution in [0.2, 0.25) is 0 Å². The molecule has 3 aliphatic rings. The fourth-order valence-electron chi connectivity index (χ4n) is 10.4. The van der Waals surface area contributed by atoms with Gasteiger partial charge in [-0.25, -0.2) is 0 Å². The lowest BCUT2D eigenvalue weighted by atomic mass is 9.42. The van der Waals surface area contributed by atoms with Crippen LogP contribution in [0.1, 0.15) is 25.0 Å². The molecular weight excluding hydrogens is 699 g/mol. The maximum Gasteiger partial charge on any atom is 0.333 e. The molecule has 3 aliphatic heterocycles. The Morgan fingerprint density at radius 3 is 1.78 bits per heavy atom. The second-order valence-corrected chi connectivity index (χ2v) is 16.5. The number of para-hydroxylation sites is 1. The SMILES string of the molecule is CC1(C)c2cccc3c2N(c2cc(-c4ccccc4)cc4c2B3N(c2cccc(-c3ccccc3)c2)c2ccc(-c3ccccc3)cc2-4)c2ccc3ccccc3c21. The Balaban J connectivity index is 1.21. The summed E-state index contributed by atoms with van der Waals surface area (Å²) in [7, 11) is 0. The first-order valence-electron chi connectivity index (χ1n) is 20.4. The second kappa shape index (κ2) is 12.5. The lowest BCUT2D eigenvalue weighted by molar-refractivity contribution is 0.638. The Morgan fingerprint density at radius 1 is 0.431 bits per heavy atom. The quantitative estimate of drug-likeness (QED) is 0.166. The highest BCUT2D eigenvalue weighted by Crippen LogP contribution is 2.57. The number of anilines is 5. The minimum atomic E-state index is -0.245. The van der Waals surface area contributed by atoms with E-state index in [4.69, 9.17) is 0 Å². The van der Waals surface area contributed by atoms with Gasteiger partial charge in [0.2, 0.25) is 0 Å². The first-order valence-corrected chi connectivity index (χ1v) is 20.4. The molecule has 58 heavy (non-hydrogen) atoms. The van der Waals surface area contributed by atoms with E-state index in [1.807, 2.05) is 0 Å². The molecule has 3 heteroatoms. The van der Waals surface area contributed by atoms with Gasteiger partial charge in [0.25, 0.3) is 0 Å². The van der Waals surface area contributed by atoms with Gasteiger partial charge in [0.05, 0.1) is 5.69 Å². The molecular formula is C55H39BN2. The van der Waals surface area contributed by atoms with Gasteiger partial charge < -0.3 is 9.71 Å². The number of fused-ring (bicyclic) bond motifs is 8. The van der Waals surface area contributed by atoms with Crippen molar-refractivity contribution in [2.45, 2.75) is 19.3 Å². The van der Waals surface area contributed by atoms with E-state index in [0.717, 1.165) is 0 Å². The summed E-state index contributed by atoms with van der Waals surface area (Å²) in [5, 5.41) is 2.59. The van der Waals surface area contributed by atoms with Gasteiger partial charge in [-0.05, 0) is 114 Å². The summed E-state index contributed by atoms with van der Waals surface area (Å²) < 4.78 is 0. The molecule has 9 aromatic carbocycles. The molecule has 0 saturated heterocycles. The van der Waals surface area contributed by atoms with Crippen LogP contribution in [0.15, 0.2) is 200 Å². The van der Waals surface area contributed by atoms with Crippen LogP contribution in [0.5, 0.6) is 0 Å². The van der Waals surface area contributed by atoms with Crippen LogP contribution in [-0.2, 0) is 5.41 Å². The highest BCUT2D eigenvalue weighted by atomic mass is 15.2. The molecule has 12 rings (SSSR count). The first-order chi connectivity index (χ1) is 28.5. The fourth-order valence-corrected chi connectivity index (χ4v) is 10.4. The van der Waals surface area contributed by atoms with Crippen LogP contribution in [0.4, 0.5) is 28.4 Å². The largest absolute Gasteiger partial charge is 0.376 e. The van der Waals surface area contributed by atoms with E-state index in [2.05, 4.69) is 224 Å². The van der Waals surface area contributed by atoms with Crippen molar-refractivity contribution in [3.63, 3.8) is 0 Å². The molecule has 2 nitrogen and oxygen atoms in total. The van der Waals surface area contributed by atoms with Gasteiger partial charge in [0, 0.05) is 33.7 Å². The summed E-state index contributed by atoms with van der Waals surface area (Å²) in [4.78, 5) is 5.27. The highest BCUT2D eigenvalue weighted by molar-refractivity contribution is 6.93. The third-order valence-electron chi connectivity index (χ3n) is 13.0. The van der Waals surface area contributed by atoms with Gasteiger partial charge in [-0.1, -0.05) is 172 Å². The molecule has 0 saturated carbocycles. The molecule has 0 amide bonds. The predicted octanol–water partition coefficient (Wildman–Crippen LogP) is 13.2. The average Bonchev–Trinajstić information content (AvgIpc) is 3.29. The van der Waals surface area contributed by atoms with Crippen LogP contribution in [-0.4, -0.2) is 6.85 Å². The van der Waals surface area contributed by atoms with Gasteiger partial charge in [0.15, 0.2) is 0 Å². The zero-order chi connectivity index (χ0) is 38.5. The third-order valence-corrected chi connectivity index (χ3v) is 13.0. The molecule has 0 aromatic heterocycles. The van der Waals surface area contributed by atoms with E-state index in [9.17, 15) is 0 Å². The molecule has 0 aliphatic carbocycles. The van der Waals surface area contributed by atoms with E-state index in [0.29, 0.717) is 0 Å². The smallest absolute Gasteiger partial charge is 0.333 e. The number of hydrogen-bond acceptors (Lipinski definition) is 2. The van der Waals surface area contributed by atoms with Crippen molar-refractivity contribution in [2.24, 2.45) is 0 Å². The first kappa shape index (κ1) is 33.1. The summed E-state index contributed by atoms with van der Waals surface area (Å²) in [5.74, 6) is 0. The standard InChI is InChI=1S/C55H39BN2/c1-55(2)47-26-15-27-48-54(47)57(50-31-28-39-22-12-13-25-44(39)52(50)55)51-35-42(38-20-10-5-11-21-38)34-46-45-33-41(37-18-8-4-9-19-37)29-30-49(45)58(56(48)53(46)51)43-24-14-23-40(32-43)36-16-6-3-7-17-36/h3-35H,1-2H3. The zero-order valence-corrected chi connectivity index (χ0v) is 32.5. The molecule has 0 spiro atoms. The summed E-state index contributed by atoms with van der Waals surface area (Å²) in [6.45, 7) is 4.78. The van der Waals surface area contributed by atoms with Crippen LogP contribution < -0.4 is 20.6 Å². The van der Waals surface area contributed by atoms with E-state index >= 15 is 0 Å². The molecule has 9 aromatic rings. The lowest BCUT2D eigenvalue weighted by Gasteiger charge is -2.50. The van der Waals surface area contributed by atoms with Gasteiger partial charge >= 0.3 is 6.85 Å². The fraction of sp³-hybridized carbons (Fsp3) is 0.0545. The predicted molar refractivity (Wildman–Crippen MR) is 246 cm³/mol. The maximum atomic E-state index is 2.64. The summed E-state index contributed by atoms with van der Waals surface area (Å²) in [6.07, 6.45) is 0. The van der Waals surface area contributed by atoms with Gasteiger partial charge in [0.1, 0.15) is 0 Å². The molecule has 0 bridgehead atoms. The van der Waals surface area contributed by atoms with Crippen molar-refractivity contribution in [2.75, 3.05) is 9.71 Å². The topological polar surface area (TPSA) is 6.48 Å².